The standard InChI is InChI=1S/C11H10BrClF2O/c12-4-3-10(16)7-1-2-8(6-13)9(5-7)11(14)15/h1-2,5,11H,3-4,6H2. The third-order valence-electron chi connectivity index (χ3n) is 2.17. The molecule has 0 radical (unpaired) electrons. The van der Waals surface area contributed by atoms with Crippen LogP contribution in [0.15, 0.2) is 18.2 Å². The van der Waals surface area contributed by atoms with Crippen LogP contribution in [-0.2, 0) is 5.88 Å². The van der Waals surface area contributed by atoms with Crippen LogP contribution in [0.5, 0.6) is 0 Å². The smallest absolute Gasteiger partial charge is 0.264 e. The van der Waals surface area contributed by atoms with Crippen molar-refractivity contribution in [3.05, 3.63) is 34.9 Å². The molecule has 0 aliphatic rings. The lowest BCUT2D eigenvalue weighted by molar-refractivity contribution is 0.0989. The average molecular weight is 312 g/mol. The van der Waals surface area contributed by atoms with Gasteiger partial charge < -0.3 is 0 Å². The molecule has 0 fully saturated rings. The largest absolute Gasteiger partial charge is 0.294 e. The number of halogens is 4. The molecule has 1 nitrogen and oxygen atoms in total. The van der Waals surface area contributed by atoms with E-state index in [0.29, 0.717) is 22.9 Å². The van der Waals surface area contributed by atoms with Crippen molar-refractivity contribution in [2.45, 2.75) is 18.7 Å². The Balaban J connectivity index is 3.06. The van der Waals surface area contributed by atoms with Gasteiger partial charge >= 0.3 is 0 Å². The predicted octanol–water partition coefficient (Wildman–Crippen LogP) is 4.33. The second-order valence-corrected chi connectivity index (χ2v) is 4.27. The summed E-state index contributed by atoms with van der Waals surface area (Å²) in [5, 5.41) is 0.521. The molecular weight excluding hydrogens is 301 g/mol. The molecule has 0 atom stereocenters. The predicted molar refractivity (Wildman–Crippen MR) is 63.7 cm³/mol. The second-order valence-electron chi connectivity index (χ2n) is 3.21. The first kappa shape index (κ1) is 13.6. The summed E-state index contributed by atoms with van der Waals surface area (Å²) >= 11 is 8.68. The fourth-order valence-electron chi connectivity index (χ4n) is 1.32. The molecule has 0 bridgehead atoms. The molecule has 0 spiro atoms. The van der Waals surface area contributed by atoms with Gasteiger partial charge in [-0.25, -0.2) is 8.78 Å². The zero-order chi connectivity index (χ0) is 12.1. The van der Waals surface area contributed by atoms with Crippen LogP contribution in [0.2, 0.25) is 0 Å². The minimum atomic E-state index is -2.61. The molecule has 16 heavy (non-hydrogen) atoms. The number of rotatable bonds is 5. The van der Waals surface area contributed by atoms with E-state index in [9.17, 15) is 13.6 Å². The molecule has 0 aromatic heterocycles. The van der Waals surface area contributed by atoms with Crippen molar-refractivity contribution in [1.29, 1.82) is 0 Å². The number of carbonyl (C=O) groups is 1. The summed E-state index contributed by atoms with van der Waals surface area (Å²) in [5.41, 5.74) is 0.520. The highest BCUT2D eigenvalue weighted by atomic mass is 79.9. The molecule has 0 unspecified atom stereocenters. The van der Waals surface area contributed by atoms with Crippen LogP contribution in [0.25, 0.3) is 0 Å². The van der Waals surface area contributed by atoms with Gasteiger partial charge in [0.25, 0.3) is 6.43 Å². The molecule has 5 heteroatoms. The lowest BCUT2D eigenvalue weighted by Crippen LogP contribution is -2.02. The molecule has 0 saturated carbocycles. The monoisotopic (exact) mass is 310 g/mol. The molecule has 0 aliphatic heterocycles. The molecular formula is C11H10BrClF2O. The maximum atomic E-state index is 12.7. The molecule has 1 aromatic rings. The zero-order valence-electron chi connectivity index (χ0n) is 8.35. The molecule has 0 aliphatic carbocycles. The first-order valence-corrected chi connectivity index (χ1v) is 6.31. The average Bonchev–Trinajstić information content (AvgIpc) is 2.28. The minimum absolute atomic E-state index is 0.0204. The number of hydrogen-bond donors (Lipinski definition) is 0. The Morgan fingerprint density at radius 3 is 2.62 bits per heavy atom. The van der Waals surface area contributed by atoms with Gasteiger partial charge in [0.05, 0.1) is 0 Å². The summed E-state index contributed by atoms with van der Waals surface area (Å²) in [6, 6.07) is 4.25. The Morgan fingerprint density at radius 2 is 2.12 bits per heavy atom. The lowest BCUT2D eigenvalue weighted by Gasteiger charge is -2.08. The fourth-order valence-corrected chi connectivity index (χ4v) is 1.93. The van der Waals surface area contributed by atoms with E-state index >= 15 is 0 Å². The van der Waals surface area contributed by atoms with Crippen molar-refractivity contribution in [2.75, 3.05) is 5.33 Å². The van der Waals surface area contributed by atoms with Crippen LogP contribution < -0.4 is 0 Å². The quantitative estimate of drug-likeness (QED) is 0.584. The van der Waals surface area contributed by atoms with Crippen LogP contribution in [-0.4, -0.2) is 11.1 Å². The van der Waals surface area contributed by atoms with Crippen molar-refractivity contribution >= 4 is 33.3 Å². The van der Waals surface area contributed by atoms with Gasteiger partial charge in [-0.1, -0.05) is 28.1 Å². The van der Waals surface area contributed by atoms with Crippen LogP contribution >= 0.6 is 27.5 Å². The van der Waals surface area contributed by atoms with E-state index in [1.165, 1.54) is 18.2 Å². The van der Waals surface area contributed by atoms with Crippen molar-refractivity contribution in [2.24, 2.45) is 0 Å². The number of hydrogen-bond acceptors (Lipinski definition) is 1. The summed E-state index contributed by atoms with van der Waals surface area (Å²) < 4.78 is 25.3. The number of carbonyl (C=O) groups excluding carboxylic acids is 1. The van der Waals surface area contributed by atoms with E-state index in [1.54, 1.807) is 0 Å². The third kappa shape index (κ3) is 3.25. The molecule has 1 rings (SSSR count). The summed E-state index contributed by atoms with van der Waals surface area (Å²) in [4.78, 5) is 11.5. The Hall–Kier alpha value is -0.480. The molecule has 0 N–H and O–H groups in total. The van der Waals surface area contributed by atoms with Crippen molar-refractivity contribution in [3.63, 3.8) is 0 Å². The van der Waals surface area contributed by atoms with Crippen molar-refractivity contribution in [3.8, 4) is 0 Å². The van der Waals surface area contributed by atoms with E-state index in [0.717, 1.165) is 0 Å². The van der Waals surface area contributed by atoms with Crippen molar-refractivity contribution in [1.82, 2.24) is 0 Å². The number of benzene rings is 1. The Morgan fingerprint density at radius 1 is 1.44 bits per heavy atom. The first-order valence-electron chi connectivity index (χ1n) is 4.66. The maximum absolute atomic E-state index is 12.7. The fraction of sp³-hybridized carbons (Fsp3) is 0.364. The molecule has 88 valence electrons. The number of Topliss-reactive ketones (excluding diaryl/α,β-unsaturated/α-hetero) is 1. The van der Waals surface area contributed by atoms with Gasteiger partial charge in [-0.05, 0) is 11.6 Å². The van der Waals surface area contributed by atoms with Gasteiger partial charge in [-0.3, -0.25) is 4.79 Å². The maximum Gasteiger partial charge on any atom is 0.264 e. The van der Waals surface area contributed by atoms with Crippen LogP contribution in [0, 0.1) is 0 Å². The van der Waals surface area contributed by atoms with E-state index < -0.39 is 6.43 Å². The normalized spacial score (nSPS) is 10.8. The van der Waals surface area contributed by atoms with Gasteiger partial charge in [0.15, 0.2) is 5.78 Å². The lowest BCUT2D eigenvalue weighted by atomic mass is 10.0. The summed E-state index contributed by atoms with van der Waals surface area (Å²) in [6.45, 7) is 0. The van der Waals surface area contributed by atoms with E-state index in [2.05, 4.69) is 15.9 Å². The van der Waals surface area contributed by atoms with Gasteiger partial charge in [-0.15, -0.1) is 11.6 Å². The second kappa shape index (κ2) is 6.30. The van der Waals surface area contributed by atoms with Crippen LogP contribution in [0.1, 0.15) is 34.3 Å². The Kier molecular flexibility index (Phi) is 5.35. The topological polar surface area (TPSA) is 17.1 Å². The minimum Gasteiger partial charge on any atom is -0.294 e. The molecule has 0 saturated heterocycles. The van der Waals surface area contributed by atoms with Crippen LogP contribution in [0.3, 0.4) is 0 Å². The Bertz CT molecular complexity index is 382. The highest BCUT2D eigenvalue weighted by Gasteiger charge is 2.15. The SMILES string of the molecule is O=C(CCBr)c1ccc(CCl)c(C(F)F)c1. The third-order valence-corrected chi connectivity index (χ3v) is 2.85. The molecule has 1 aromatic carbocycles. The summed E-state index contributed by atoms with van der Waals surface area (Å²) in [7, 11) is 0. The molecule has 0 amide bonds. The van der Waals surface area contributed by atoms with E-state index in [4.69, 9.17) is 11.6 Å². The van der Waals surface area contributed by atoms with Crippen molar-refractivity contribution < 1.29 is 13.6 Å². The van der Waals surface area contributed by atoms with Gasteiger partial charge in [0.1, 0.15) is 0 Å². The highest BCUT2D eigenvalue weighted by Crippen LogP contribution is 2.26. The summed E-state index contributed by atoms with van der Waals surface area (Å²) in [5.74, 6) is -0.132. The van der Waals surface area contributed by atoms with E-state index in [-0.39, 0.29) is 17.2 Å². The first-order chi connectivity index (χ1) is 7.60. The van der Waals surface area contributed by atoms with Gasteiger partial charge in [0.2, 0.25) is 0 Å². The van der Waals surface area contributed by atoms with Gasteiger partial charge in [0, 0.05) is 28.8 Å². The summed E-state index contributed by atoms with van der Waals surface area (Å²) in [6.07, 6.45) is -2.31. The Labute approximate surface area is 106 Å². The zero-order valence-corrected chi connectivity index (χ0v) is 10.7. The van der Waals surface area contributed by atoms with E-state index in [1.807, 2.05) is 0 Å². The number of alkyl halides is 4. The highest BCUT2D eigenvalue weighted by molar-refractivity contribution is 9.09. The molecule has 0 heterocycles. The van der Waals surface area contributed by atoms with Gasteiger partial charge in [-0.2, -0.15) is 0 Å². The number of ketones is 1. The van der Waals surface area contributed by atoms with Crippen LogP contribution in [0.4, 0.5) is 8.78 Å².